The Kier molecular flexibility index (Phi) is 4.22. The van der Waals surface area contributed by atoms with Gasteiger partial charge in [-0.3, -0.25) is 14.5 Å². The van der Waals surface area contributed by atoms with Crippen LogP contribution in [0.4, 0.5) is 5.69 Å². The normalized spacial score (nSPS) is 18.8. The molecule has 6 nitrogen and oxygen atoms in total. The second-order valence-electron chi connectivity index (χ2n) is 4.90. The zero-order valence-corrected chi connectivity index (χ0v) is 11.9. The number of ether oxygens (including phenoxy) is 1. The number of amides is 2. The van der Waals surface area contributed by atoms with Crippen LogP contribution in [0, 0.1) is 0 Å². The second kappa shape index (κ2) is 5.90. The Balaban J connectivity index is 2.15. The fraction of sp³-hybridized carbons (Fsp3) is 0.500. The van der Waals surface area contributed by atoms with E-state index in [-0.39, 0.29) is 24.3 Å². The molecule has 1 aromatic heterocycles. The lowest BCUT2D eigenvalue weighted by atomic mass is 10.2. The minimum atomic E-state index is -0.541. The smallest absolute Gasteiger partial charge is 0.252 e. The number of nitrogens with one attached hydrogen (secondary N) is 1. The molecule has 1 unspecified atom stereocenters. The maximum atomic E-state index is 12.1. The molecule has 1 atom stereocenters. The molecule has 1 aliphatic heterocycles. The number of hydrogen-bond donors (Lipinski definition) is 1. The van der Waals surface area contributed by atoms with Crippen LogP contribution < -0.4 is 10.1 Å². The predicted octanol–water partition coefficient (Wildman–Crippen LogP) is 1.43. The first kappa shape index (κ1) is 14.3. The second-order valence-corrected chi connectivity index (χ2v) is 4.90. The highest BCUT2D eigenvalue weighted by Gasteiger charge is 2.37. The van der Waals surface area contributed by atoms with Gasteiger partial charge in [-0.2, -0.15) is 0 Å². The van der Waals surface area contributed by atoms with Gasteiger partial charge in [-0.25, -0.2) is 4.98 Å². The number of carbonyl (C=O) groups excluding carboxylic acids is 2. The quantitative estimate of drug-likeness (QED) is 0.824. The molecule has 0 bridgehead atoms. The number of pyridine rings is 1. The maximum absolute atomic E-state index is 12.1. The fourth-order valence-corrected chi connectivity index (χ4v) is 2.13. The van der Waals surface area contributed by atoms with Gasteiger partial charge in [0.15, 0.2) is 0 Å². The number of likely N-dealkylation sites (N-methyl/N-ethyl adjacent to an activating group) is 1. The van der Waals surface area contributed by atoms with E-state index in [0.29, 0.717) is 18.1 Å². The topological polar surface area (TPSA) is 71.5 Å². The molecule has 1 saturated heterocycles. The molecule has 6 heteroatoms. The van der Waals surface area contributed by atoms with Crippen molar-refractivity contribution in [3.8, 4) is 5.88 Å². The van der Waals surface area contributed by atoms with Gasteiger partial charge in [0, 0.05) is 12.7 Å². The summed E-state index contributed by atoms with van der Waals surface area (Å²) >= 11 is 0. The number of likely N-dealkylation sites (tertiary alicyclic amines) is 1. The lowest BCUT2D eigenvalue weighted by Gasteiger charge is -2.17. The summed E-state index contributed by atoms with van der Waals surface area (Å²) in [5.41, 5.74) is 0.630. The minimum absolute atomic E-state index is 0.0153. The monoisotopic (exact) mass is 277 g/mol. The Bertz CT molecular complexity index is 516. The van der Waals surface area contributed by atoms with E-state index in [1.165, 1.54) is 4.90 Å². The number of aromatic nitrogens is 1. The van der Waals surface area contributed by atoms with Crippen LogP contribution >= 0.6 is 0 Å². The van der Waals surface area contributed by atoms with Crippen LogP contribution in [0.15, 0.2) is 18.3 Å². The van der Waals surface area contributed by atoms with Crippen molar-refractivity contribution in [2.45, 2.75) is 39.3 Å². The van der Waals surface area contributed by atoms with Crippen LogP contribution in [0.3, 0.4) is 0 Å². The highest BCUT2D eigenvalue weighted by atomic mass is 16.5. The summed E-state index contributed by atoms with van der Waals surface area (Å²) in [6, 6.07) is 3.01. The van der Waals surface area contributed by atoms with E-state index in [1.807, 2.05) is 13.8 Å². The summed E-state index contributed by atoms with van der Waals surface area (Å²) in [4.78, 5) is 29.2. The number of rotatable bonds is 5. The molecule has 0 aromatic carbocycles. The number of imide groups is 1. The SMILES string of the molecule is CCN1C(=O)CC(Nc2cccnc2OC(C)C)C1=O. The van der Waals surface area contributed by atoms with Gasteiger partial charge in [-0.05, 0) is 32.9 Å². The number of nitrogens with zero attached hydrogens (tertiary/aromatic N) is 2. The molecule has 1 fully saturated rings. The Hall–Kier alpha value is -2.11. The fourth-order valence-electron chi connectivity index (χ4n) is 2.13. The highest BCUT2D eigenvalue weighted by molar-refractivity contribution is 6.06. The summed E-state index contributed by atoms with van der Waals surface area (Å²) < 4.78 is 5.59. The maximum Gasteiger partial charge on any atom is 0.252 e. The molecule has 108 valence electrons. The van der Waals surface area contributed by atoms with E-state index in [0.717, 1.165) is 0 Å². The average molecular weight is 277 g/mol. The minimum Gasteiger partial charge on any atom is -0.473 e. The van der Waals surface area contributed by atoms with Crippen molar-refractivity contribution in [1.29, 1.82) is 0 Å². The largest absolute Gasteiger partial charge is 0.473 e. The van der Waals surface area contributed by atoms with Crippen molar-refractivity contribution in [2.75, 3.05) is 11.9 Å². The van der Waals surface area contributed by atoms with E-state index in [2.05, 4.69) is 10.3 Å². The van der Waals surface area contributed by atoms with Crippen LogP contribution in [-0.4, -0.2) is 40.4 Å². The lowest BCUT2D eigenvalue weighted by molar-refractivity contribution is -0.138. The molecule has 2 amide bonds. The number of anilines is 1. The Labute approximate surface area is 118 Å². The van der Waals surface area contributed by atoms with Crippen molar-refractivity contribution in [3.63, 3.8) is 0 Å². The first-order chi connectivity index (χ1) is 9.52. The number of carbonyl (C=O) groups is 2. The van der Waals surface area contributed by atoms with Crippen LogP contribution in [0.25, 0.3) is 0 Å². The summed E-state index contributed by atoms with van der Waals surface area (Å²) in [6.45, 7) is 6.00. The van der Waals surface area contributed by atoms with Crippen LogP contribution in [0.5, 0.6) is 5.88 Å². The third-order valence-electron chi connectivity index (χ3n) is 3.01. The average Bonchev–Trinajstić information content (AvgIpc) is 2.66. The van der Waals surface area contributed by atoms with Crippen molar-refractivity contribution in [1.82, 2.24) is 9.88 Å². The van der Waals surface area contributed by atoms with Crippen molar-refractivity contribution in [2.24, 2.45) is 0 Å². The number of hydrogen-bond acceptors (Lipinski definition) is 5. The summed E-state index contributed by atoms with van der Waals surface area (Å²) in [7, 11) is 0. The molecule has 1 aliphatic rings. The predicted molar refractivity (Wildman–Crippen MR) is 74.4 cm³/mol. The van der Waals surface area contributed by atoms with Gasteiger partial charge >= 0.3 is 0 Å². The molecule has 0 spiro atoms. The Morgan fingerprint density at radius 2 is 2.25 bits per heavy atom. The van der Waals surface area contributed by atoms with E-state index in [1.54, 1.807) is 25.3 Å². The Morgan fingerprint density at radius 1 is 1.50 bits per heavy atom. The molecule has 1 aromatic rings. The van der Waals surface area contributed by atoms with Gasteiger partial charge in [0.2, 0.25) is 11.8 Å². The van der Waals surface area contributed by atoms with Crippen LogP contribution in [0.2, 0.25) is 0 Å². The molecule has 20 heavy (non-hydrogen) atoms. The lowest BCUT2D eigenvalue weighted by Crippen LogP contribution is -2.34. The third kappa shape index (κ3) is 2.89. The van der Waals surface area contributed by atoms with E-state index in [9.17, 15) is 9.59 Å². The van der Waals surface area contributed by atoms with Gasteiger partial charge < -0.3 is 10.1 Å². The molecule has 2 rings (SSSR count). The summed E-state index contributed by atoms with van der Waals surface area (Å²) in [5, 5.41) is 3.06. The van der Waals surface area contributed by atoms with Gasteiger partial charge in [0.1, 0.15) is 6.04 Å². The van der Waals surface area contributed by atoms with Gasteiger partial charge in [0.05, 0.1) is 18.2 Å². The molecular formula is C14H19N3O3. The van der Waals surface area contributed by atoms with Crippen molar-refractivity contribution in [3.05, 3.63) is 18.3 Å². The van der Waals surface area contributed by atoms with Gasteiger partial charge in [-0.15, -0.1) is 0 Å². The molecule has 1 N–H and O–H groups in total. The first-order valence-corrected chi connectivity index (χ1v) is 6.75. The molecule has 0 aliphatic carbocycles. The van der Waals surface area contributed by atoms with Crippen LogP contribution in [-0.2, 0) is 9.59 Å². The highest BCUT2D eigenvalue weighted by Crippen LogP contribution is 2.25. The van der Waals surface area contributed by atoms with E-state index >= 15 is 0 Å². The zero-order valence-electron chi connectivity index (χ0n) is 11.9. The molecule has 0 radical (unpaired) electrons. The molecule has 0 saturated carbocycles. The first-order valence-electron chi connectivity index (χ1n) is 6.75. The van der Waals surface area contributed by atoms with E-state index in [4.69, 9.17) is 4.74 Å². The van der Waals surface area contributed by atoms with Crippen molar-refractivity contribution >= 4 is 17.5 Å². The third-order valence-corrected chi connectivity index (χ3v) is 3.01. The molecular weight excluding hydrogens is 258 g/mol. The summed E-state index contributed by atoms with van der Waals surface area (Å²) in [5.74, 6) is 0.0970. The Morgan fingerprint density at radius 3 is 2.85 bits per heavy atom. The molecule has 2 heterocycles. The standard InChI is InChI=1S/C14H19N3O3/c1-4-17-12(18)8-11(14(17)19)16-10-6-5-7-15-13(10)20-9(2)3/h5-7,9,11,16H,4,8H2,1-3H3. The van der Waals surface area contributed by atoms with Crippen molar-refractivity contribution < 1.29 is 14.3 Å². The van der Waals surface area contributed by atoms with E-state index < -0.39 is 6.04 Å². The zero-order chi connectivity index (χ0) is 14.7. The van der Waals surface area contributed by atoms with Gasteiger partial charge in [0.25, 0.3) is 5.91 Å². The van der Waals surface area contributed by atoms with Gasteiger partial charge in [-0.1, -0.05) is 0 Å². The summed E-state index contributed by atoms with van der Waals surface area (Å²) in [6.07, 6.45) is 1.78. The van der Waals surface area contributed by atoms with Crippen LogP contribution in [0.1, 0.15) is 27.2 Å².